The highest BCUT2D eigenvalue weighted by Gasteiger charge is 2.32. The minimum absolute atomic E-state index is 0.179. The van der Waals surface area contributed by atoms with E-state index in [9.17, 15) is 8.42 Å². The van der Waals surface area contributed by atoms with Gasteiger partial charge in [0.25, 0.3) is 0 Å². The number of hydrogen-bond donors (Lipinski definition) is 0. The van der Waals surface area contributed by atoms with Gasteiger partial charge >= 0.3 is 0 Å². The molecular weight excluding hydrogens is 406 g/mol. The summed E-state index contributed by atoms with van der Waals surface area (Å²) in [6.45, 7) is 5.95. The lowest BCUT2D eigenvalue weighted by atomic mass is 10.1. The molecule has 0 amide bonds. The average molecular weight is 432 g/mol. The highest BCUT2D eigenvalue weighted by Crippen LogP contribution is 2.24. The van der Waals surface area contributed by atoms with Crippen LogP contribution in [0.1, 0.15) is 35.2 Å². The van der Waals surface area contributed by atoms with Gasteiger partial charge in [0, 0.05) is 26.1 Å². The molecule has 10 heteroatoms. The van der Waals surface area contributed by atoms with E-state index in [1.54, 1.807) is 13.8 Å². The first-order chi connectivity index (χ1) is 14.4. The zero-order valence-electron chi connectivity index (χ0n) is 17.1. The summed E-state index contributed by atoms with van der Waals surface area (Å²) < 4.78 is 38.1. The normalized spacial score (nSPS) is 16.6. The molecule has 1 fully saturated rings. The minimum atomic E-state index is -3.63. The van der Waals surface area contributed by atoms with Gasteiger partial charge in [-0.1, -0.05) is 40.6 Å². The van der Waals surface area contributed by atoms with Crippen LogP contribution in [0.15, 0.2) is 44.3 Å². The molecule has 1 saturated heterocycles. The summed E-state index contributed by atoms with van der Waals surface area (Å²) in [5.41, 5.74) is 1.52. The Morgan fingerprint density at radius 3 is 2.53 bits per heavy atom. The molecule has 160 valence electrons. The van der Waals surface area contributed by atoms with Gasteiger partial charge in [-0.3, -0.25) is 4.90 Å². The third-order valence-corrected chi connectivity index (χ3v) is 7.33. The van der Waals surface area contributed by atoms with Crippen molar-refractivity contribution in [2.24, 2.45) is 0 Å². The second-order valence-corrected chi connectivity index (χ2v) is 9.33. The molecule has 3 heterocycles. The lowest BCUT2D eigenvalue weighted by Gasteiger charge is -2.20. The molecule has 9 nitrogen and oxygen atoms in total. The largest absolute Gasteiger partial charge is 0.360 e. The fraction of sp³-hybridized carbons (Fsp3) is 0.450. The number of sulfonamides is 1. The standard InChI is InChI=1S/C20H25N5O4S/c1-15-20(16(2)28-22-15)30(26,27)25-10-6-9-24(11-12-25)14-19-21-18(23-29-19)13-17-7-4-3-5-8-17/h3-5,7-8H,6,9-14H2,1-2H3. The molecule has 1 aliphatic rings. The van der Waals surface area contributed by atoms with E-state index >= 15 is 0 Å². The summed E-state index contributed by atoms with van der Waals surface area (Å²) in [6.07, 6.45) is 1.33. The highest BCUT2D eigenvalue weighted by atomic mass is 32.2. The molecule has 2 aromatic heterocycles. The van der Waals surface area contributed by atoms with Crippen LogP contribution in [0.4, 0.5) is 0 Å². The smallest absolute Gasteiger partial charge is 0.248 e. The predicted molar refractivity (Wildman–Crippen MR) is 108 cm³/mol. The summed E-state index contributed by atoms with van der Waals surface area (Å²) in [5.74, 6) is 1.52. The number of aromatic nitrogens is 3. The van der Waals surface area contributed by atoms with Crippen LogP contribution in [-0.4, -0.2) is 59.1 Å². The molecule has 0 atom stereocenters. The minimum Gasteiger partial charge on any atom is -0.360 e. The topological polar surface area (TPSA) is 106 Å². The zero-order chi connectivity index (χ0) is 21.1. The van der Waals surface area contributed by atoms with Crippen LogP contribution in [0.25, 0.3) is 0 Å². The monoisotopic (exact) mass is 431 g/mol. The van der Waals surface area contributed by atoms with E-state index in [1.165, 1.54) is 4.31 Å². The van der Waals surface area contributed by atoms with E-state index in [4.69, 9.17) is 9.05 Å². The molecule has 0 saturated carbocycles. The number of aryl methyl sites for hydroxylation is 2. The van der Waals surface area contributed by atoms with Crippen molar-refractivity contribution in [1.82, 2.24) is 24.5 Å². The van der Waals surface area contributed by atoms with Crippen LogP contribution in [0.3, 0.4) is 0 Å². The Labute approximate surface area is 175 Å². The lowest BCUT2D eigenvalue weighted by molar-refractivity contribution is 0.235. The van der Waals surface area contributed by atoms with Gasteiger partial charge in [-0.05, 0) is 32.4 Å². The highest BCUT2D eigenvalue weighted by molar-refractivity contribution is 7.89. The molecule has 1 aromatic carbocycles. The Morgan fingerprint density at radius 2 is 1.80 bits per heavy atom. The van der Waals surface area contributed by atoms with E-state index in [0.717, 1.165) is 12.1 Å². The maximum atomic E-state index is 13.1. The Bertz CT molecular complexity index is 1070. The summed E-state index contributed by atoms with van der Waals surface area (Å²) in [7, 11) is -3.63. The summed E-state index contributed by atoms with van der Waals surface area (Å²) in [4.78, 5) is 6.81. The van der Waals surface area contributed by atoms with Gasteiger partial charge in [-0.2, -0.15) is 9.29 Å². The predicted octanol–water partition coefficient (Wildman–Crippen LogP) is 2.16. The molecule has 0 N–H and O–H groups in total. The summed E-state index contributed by atoms with van der Waals surface area (Å²) >= 11 is 0. The number of benzene rings is 1. The summed E-state index contributed by atoms with van der Waals surface area (Å²) in [5, 5.41) is 7.86. The van der Waals surface area contributed by atoms with Crippen molar-refractivity contribution < 1.29 is 17.5 Å². The Hall–Kier alpha value is -2.56. The molecule has 30 heavy (non-hydrogen) atoms. The molecule has 4 rings (SSSR count). The SMILES string of the molecule is Cc1noc(C)c1S(=O)(=O)N1CCCN(Cc2nc(Cc3ccccc3)no2)CC1. The number of hydrogen-bond acceptors (Lipinski definition) is 8. The zero-order valence-corrected chi connectivity index (χ0v) is 17.9. The second-order valence-electron chi connectivity index (χ2n) is 7.45. The van der Waals surface area contributed by atoms with Crippen LogP contribution in [0.5, 0.6) is 0 Å². The fourth-order valence-electron chi connectivity index (χ4n) is 3.71. The van der Waals surface area contributed by atoms with Crippen LogP contribution in [-0.2, 0) is 23.0 Å². The lowest BCUT2D eigenvalue weighted by Crippen LogP contribution is -2.35. The van der Waals surface area contributed by atoms with E-state index in [1.807, 2.05) is 30.3 Å². The molecule has 0 aliphatic carbocycles. The van der Waals surface area contributed by atoms with Crippen molar-refractivity contribution in [3.05, 3.63) is 59.1 Å². The molecular formula is C20H25N5O4S. The quantitative estimate of drug-likeness (QED) is 0.585. The maximum Gasteiger partial charge on any atom is 0.248 e. The van der Waals surface area contributed by atoms with Crippen molar-refractivity contribution in [2.75, 3.05) is 26.2 Å². The van der Waals surface area contributed by atoms with Crippen molar-refractivity contribution in [1.29, 1.82) is 0 Å². The van der Waals surface area contributed by atoms with Gasteiger partial charge in [0.15, 0.2) is 11.6 Å². The van der Waals surface area contributed by atoms with Crippen molar-refractivity contribution >= 4 is 10.0 Å². The number of nitrogens with zero attached hydrogens (tertiary/aromatic N) is 5. The Kier molecular flexibility index (Phi) is 5.98. The number of rotatable bonds is 6. The van der Waals surface area contributed by atoms with Crippen LogP contribution in [0, 0.1) is 13.8 Å². The van der Waals surface area contributed by atoms with Crippen molar-refractivity contribution in [3.8, 4) is 0 Å². The van der Waals surface area contributed by atoms with Gasteiger partial charge in [0.05, 0.1) is 6.54 Å². The van der Waals surface area contributed by atoms with E-state index in [0.29, 0.717) is 62.2 Å². The first-order valence-electron chi connectivity index (χ1n) is 9.94. The van der Waals surface area contributed by atoms with Gasteiger partial charge < -0.3 is 9.05 Å². The summed E-state index contributed by atoms with van der Waals surface area (Å²) in [6, 6.07) is 9.99. The maximum absolute atomic E-state index is 13.1. The Balaban J connectivity index is 1.38. The molecule has 0 spiro atoms. The van der Waals surface area contributed by atoms with Gasteiger partial charge in [0.2, 0.25) is 15.9 Å². The van der Waals surface area contributed by atoms with Gasteiger partial charge in [-0.15, -0.1) is 0 Å². The second kappa shape index (κ2) is 8.66. The van der Waals surface area contributed by atoms with Crippen molar-refractivity contribution in [3.63, 3.8) is 0 Å². The average Bonchev–Trinajstić information content (AvgIpc) is 3.20. The van der Waals surface area contributed by atoms with Crippen LogP contribution in [0.2, 0.25) is 0 Å². The first kappa shape index (κ1) is 20.7. The molecule has 3 aromatic rings. The fourth-order valence-corrected chi connectivity index (χ4v) is 5.47. The Morgan fingerprint density at radius 1 is 1.00 bits per heavy atom. The molecule has 0 bridgehead atoms. The van der Waals surface area contributed by atoms with Crippen molar-refractivity contribution in [2.45, 2.75) is 38.1 Å². The molecule has 0 radical (unpaired) electrons. The molecule has 1 aliphatic heterocycles. The van der Waals surface area contributed by atoms with E-state index in [-0.39, 0.29) is 4.90 Å². The first-order valence-corrected chi connectivity index (χ1v) is 11.4. The molecule has 0 unspecified atom stereocenters. The van der Waals surface area contributed by atoms with Gasteiger partial charge in [-0.25, -0.2) is 8.42 Å². The van der Waals surface area contributed by atoms with E-state index in [2.05, 4.69) is 20.2 Å². The third kappa shape index (κ3) is 4.45. The van der Waals surface area contributed by atoms with Gasteiger partial charge in [0.1, 0.15) is 10.6 Å². The van der Waals surface area contributed by atoms with Crippen LogP contribution < -0.4 is 0 Å². The van der Waals surface area contributed by atoms with E-state index < -0.39 is 10.0 Å². The van der Waals surface area contributed by atoms with Crippen LogP contribution >= 0.6 is 0 Å². The third-order valence-electron chi connectivity index (χ3n) is 5.19.